The predicted molar refractivity (Wildman–Crippen MR) is 87.3 cm³/mol. The van der Waals surface area contributed by atoms with E-state index in [4.69, 9.17) is 4.74 Å². The molecule has 1 N–H and O–H groups in total. The number of halogens is 1. The molecular weight excluding hydrogens is 265 g/mol. The molecule has 0 radical (unpaired) electrons. The summed E-state index contributed by atoms with van der Waals surface area (Å²) in [7, 11) is 1.56. The first kappa shape index (κ1) is 18.0. The second-order valence-corrected chi connectivity index (χ2v) is 5.65. The second kappa shape index (κ2) is 9.78. The molecule has 0 fully saturated rings. The maximum absolute atomic E-state index is 14.3. The first-order valence-electron chi connectivity index (χ1n) is 8.22. The highest BCUT2D eigenvalue weighted by Crippen LogP contribution is 2.29. The van der Waals surface area contributed by atoms with E-state index in [2.05, 4.69) is 26.1 Å². The van der Waals surface area contributed by atoms with E-state index in [-0.39, 0.29) is 11.9 Å². The van der Waals surface area contributed by atoms with E-state index < -0.39 is 0 Å². The van der Waals surface area contributed by atoms with Gasteiger partial charge in [0.2, 0.25) is 0 Å². The molecule has 0 saturated heterocycles. The van der Waals surface area contributed by atoms with Crippen LogP contribution in [0.4, 0.5) is 4.39 Å². The highest BCUT2D eigenvalue weighted by Gasteiger charge is 2.19. The van der Waals surface area contributed by atoms with Crippen LogP contribution in [-0.2, 0) is 0 Å². The SMILES string of the molecule is CCCCC(CC)CC(NCC)c1ccc(OC)cc1F. The van der Waals surface area contributed by atoms with E-state index in [1.54, 1.807) is 7.11 Å². The number of hydrogen-bond donors (Lipinski definition) is 1. The minimum Gasteiger partial charge on any atom is -0.497 e. The molecule has 0 bridgehead atoms. The van der Waals surface area contributed by atoms with Crippen LogP contribution in [0.2, 0.25) is 0 Å². The Kier molecular flexibility index (Phi) is 8.36. The van der Waals surface area contributed by atoms with Gasteiger partial charge in [-0.25, -0.2) is 4.39 Å². The van der Waals surface area contributed by atoms with Crippen molar-refractivity contribution >= 4 is 0 Å². The van der Waals surface area contributed by atoms with Crippen LogP contribution in [0.5, 0.6) is 5.75 Å². The maximum atomic E-state index is 14.3. The normalized spacial score (nSPS) is 14.0. The zero-order valence-corrected chi connectivity index (χ0v) is 13.9. The van der Waals surface area contributed by atoms with Gasteiger partial charge in [0.25, 0.3) is 0 Å². The molecule has 0 aliphatic carbocycles. The molecule has 1 aromatic carbocycles. The lowest BCUT2D eigenvalue weighted by Crippen LogP contribution is -2.24. The standard InChI is InChI=1S/C18H30FNO/c1-5-8-9-14(6-2)12-18(20-7-3)16-11-10-15(21-4)13-17(16)19/h10-11,13-14,18,20H,5-9,12H2,1-4H3. The molecular formula is C18H30FNO. The van der Waals surface area contributed by atoms with Crippen LogP contribution < -0.4 is 10.1 Å². The van der Waals surface area contributed by atoms with E-state index in [0.29, 0.717) is 11.7 Å². The van der Waals surface area contributed by atoms with Crippen molar-refractivity contribution in [3.8, 4) is 5.75 Å². The zero-order valence-electron chi connectivity index (χ0n) is 13.9. The van der Waals surface area contributed by atoms with Crippen molar-refractivity contribution in [2.75, 3.05) is 13.7 Å². The van der Waals surface area contributed by atoms with Gasteiger partial charge in [-0.3, -0.25) is 0 Å². The van der Waals surface area contributed by atoms with E-state index >= 15 is 0 Å². The molecule has 0 aliphatic heterocycles. The van der Waals surface area contributed by atoms with E-state index in [9.17, 15) is 4.39 Å². The smallest absolute Gasteiger partial charge is 0.131 e. The van der Waals surface area contributed by atoms with Gasteiger partial charge in [-0.2, -0.15) is 0 Å². The molecule has 0 aliphatic rings. The Labute approximate surface area is 129 Å². The number of rotatable bonds is 10. The molecule has 3 heteroatoms. The number of benzene rings is 1. The Bertz CT molecular complexity index is 408. The van der Waals surface area contributed by atoms with Crippen molar-refractivity contribution in [1.82, 2.24) is 5.32 Å². The number of nitrogens with one attached hydrogen (secondary N) is 1. The van der Waals surface area contributed by atoms with E-state index in [0.717, 1.165) is 24.9 Å². The minimum absolute atomic E-state index is 0.0858. The lowest BCUT2D eigenvalue weighted by molar-refractivity contribution is 0.350. The molecule has 0 aromatic heterocycles. The summed E-state index contributed by atoms with van der Waals surface area (Å²) in [6.07, 6.45) is 5.85. The number of hydrogen-bond acceptors (Lipinski definition) is 2. The Morgan fingerprint density at radius 2 is 2.00 bits per heavy atom. The average molecular weight is 295 g/mol. The van der Waals surface area contributed by atoms with Crippen molar-refractivity contribution in [3.05, 3.63) is 29.6 Å². The quantitative estimate of drug-likeness (QED) is 0.649. The predicted octanol–water partition coefficient (Wildman–Crippen LogP) is 5.09. The van der Waals surface area contributed by atoms with Gasteiger partial charge in [0.05, 0.1) is 7.11 Å². The summed E-state index contributed by atoms with van der Waals surface area (Å²) < 4.78 is 19.4. The van der Waals surface area contributed by atoms with Crippen LogP contribution in [0.3, 0.4) is 0 Å². The molecule has 0 saturated carbocycles. The summed E-state index contributed by atoms with van der Waals surface area (Å²) in [4.78, 5) is 0. The third-order valence-corrected chi connectivity index (χ3v) is 4.15. The van der Waals surface area contributed by atoms with Gasteiger partial charge >= 0.3 is 0 Å². The topological polar surface area (TPSA) is 21.3 Å². The lowest BCUT2D eigenvalue weighted by atomic mass is 9.89. The van der Waals surface area contributed by atoms with Crippen LogP contribution in [0.1, 0.15) is 64.5 Å². The van der Waals surface area contributed by atoms with E-state index in [1.807, 2.05) is 12.1 Å². The fourth-order valence-electron chi connectivity index (χ4n) is 2.80. The van der Waals surface area contributed by atoms with Crippen molar-refractivity contribution in [3.63, 3.8) is 0 Å². The maximum Gasteiger partial charge on any atom is 0.131 e. The Morgan fingerprint density at radius 1 is 1.24 bits per heavy atom. The summed E-state index contributed by atoms with van der Waals surface area (Å²) in [5.41, 5.74) is 0.757. The molecule has 1 aromatic rings. The van der Waals surface area contributed by atoms with Crippen LogP contribution in [0.15, 0.2) is 18.2 Å². The summed E-state index contributed by atoms with van der Waals surface area (Å²) in [5.74, 6) is 1.05. The van der Waals surface area contributed by atoms with Crippen LogP contribution >= 0.6 is 0 Å². The molecule has 21 heavy (non-hydrogen) atoms. The van der Waals surface area contributed by atoms with Crippen molar-refractivity contribution in [1.29, 1.82) is 0 Å². The highest BCUT2D eigenvalue weighted by molar-refractivity contribution is 5.30. The fourth-order valence-corrected chi connectivity index (χ4v) is 2.80. The highest BCUT2D eigenvalue weighted by atomic mass is 19.1. The third kappa shape index (κ3) is 5.66. The average Bonchev–Trinajstić information content (AvgIpc) is 2.50. The summed E-state index contributed by atoms with van der Waals surface area (Å²) in [6, 6.07) is 5.26. The first-order chi connectivity index (χ1) is 10.2. The zero-order chi connectivity index (χ0) is 15.7. The van der Waals surface area contributed by atoms with Gasteiger partial charge in [0, 0.05) is 17.7 Å². The molecule has 0 amide bonds. The molecule has 0 spiro atoms. The Hall–Kier alpha value is -1.09. The van der Waals surface area contributed by atoms with E-state index in [1.165, 1.54) is 25.3 Å². The van der Waals surface area contributed by atoms with Crippen LogP contribution in [-0.4, -0.2) is 13.7 Å². The van der Waals surface area contributed by atoms with Gasteiger partial charge in [-0.1, -0.05) is 52.5 Å². The second-order valence-electron chi connectivity index (χ2n) is 5.65. The summed E-state index contributed by atoms with van der Waals surface area (Å²) >= 11 is 0. The number of methoxy groups -OCH3 is 1. The molecule has 2 atom stereocenters. The van der Waals surface area contributed by atoms with Gasteiger partial charge in [0.1, 0.15) is 11.6 Å². The minimum atomic E-state index is -0.175. The van der Waals surface area contributed by atoms with Crippen molar-refractivity contribution < 1.29 is 9.13 Å². The first-order valence-corrected chi connectivity index (χ1v) is 8.22. The molecule has 2 nitrogen and oxygen atoms in total. The molecule has 2 unspecified atom stereocenters. The van der Waals surface area contributed by atoms with Gasteiger partial charge in [-0.15, -0.1) is 0 Å². The van der Waals surface area contributed by atoms with Crippen molar-refractivity contribution in [2.45, 2.75) is 58.9 Å². The third-order valence-electron chi connectivity index (χ3n) is 4.15. The molecule has 0 heterocycles. The largest absolute Gasteiger partial charge is 0.497 e. The monoisotopic (exact) mass is 295 g/mol. The number of unbranched alkanes of at least 4 members (excludes halogenated alkanes) is 1. The van der Waals surface area contributed by atoms with Gasteiger partial charge in [-0.05, 0) is 24.9 Å². The summed E-state index contributed by atoms with van der Waals surface area (Å²) in [6.45, 7) is 7.37. The Balaban J connectivity index is 2.84. The molecule has 120 valence electrons. The van der Waals surface area contributed by atoms with Crippen molar-refractivity contribution in [2.24, 2.45) is 5.92 Å². The fraction of sp³-hybridized carbons (Fsp3) is 0.667. The van der Waals surface area contributed by atoms with Crippen LogP contribution in [0.25, 0.3) is 0 Å². The van der Waals surface area contributed by atoms with Crippen LogP contribution in [0, 0.1) is 11.7 Å². The lowest BCUT2D eigenvalue weighted by Gasteiger charge is -2.24. The van der Waals surface area contributed by atoms with Gasteiger partial charge < -0.3 is 10.1 Å². The Morgan fingerprint density at radius 3 is 2.52 bits per heavy atom. The number of ether oxygens (including phenoxy) is 1. The van der Waals surface area contributed by atoms with Gasteiger partial charge in [0.15, 0.2) is 0 Å². The summed E-state index contributed by atoms with van der Waals surface area (Å²) in [5, 5.41) is 3.44. The molecule has 1 rings (SSSR count).